The predicted molar refractivity (Wildman–Crippen MR) is 84.3 cm³/mol. The molecule has 21 heavy (non-hydrogen) atoms. The molecule has 2 rings (SSSR count). The zero-order chi connectivity index (χ0) is 14.9. The van der Waals surface area contributed by atoms with Gasteiger partial charge in [0.15, 0.2) is 0 Å². The fraction of sp³-hybridized carbons (Fsp3) is 0.333. The Morgan fingerprint density at radius 3 is 2.57 bits per heavy atom. The molecule has 0 aliphatic rings. The highest BCUT2D eigenvalue weighted by Gasteiger charge is 2.00. The van der Waals surface area contributed by atoms with Gasteiger partial charge in [0.1, 0.15) is 18.9 Å². The van der Waals surface area contributed by atoms with E-state index in [0.29, 0.717) is 6.61 Å². The lowest BCUT2D eigenvalue weighted by Gasteiger charge is -2.08. The molecule has 0 aromatic heterocycles. The minimum atomic E-state index is 0.608. The molecule has 2 N–H and O–H groups in total. The summed E-state index contributed by atoms with van der Waals surface area (Å²) in [4.78, 5) is 0. The van der Waals surface area contributed by atoms with Gasteiger partial charge in [0.05, 0.1) is 13.2 Å². The smallest absolute Gasteiger partial charge is 0.120 e. The number of hydrogen-bond donors (Lipinski definition) is 1. The topological polar surface area (TPSA) is 35.1 Å². The second kappa shape index (κ2) is 8.45. The van der Waals surface area contributed by atoms with E-state index < -0.39 is 0 Å². The van der Waals surface area contributed by atoms with E-state index in [0.717, 1.165) is 25.4 Å². The lowest BCUT2D eigenvalue weighted by Crippen LogP contribution is -2.83. The van der Waals surface area contributed by atoms with Gasteiger partial charge in [0, 0.05) is 12.7 Å². The molecule has 0 saturated heterocycles. The normalized spacial score (nSPS) is 10.6. The lowest BCUT2D eigenvalue weighted by atomic mass is 10.2. The Labute approximate surface area is 126 Å². The molecule has 0 radical (unpaired) electrons. The summed E-state index contributed by atoms with van der Waals surface area (Å²) in [5.74, 6) is 0.924. The number of aryl methyl sites for hydroxylation is 1. The highest BCUT2D eigenvalue weighted by molar-refractivity contribution is 5.28. The van der Waals surface area contributed by atoms with E-state index in [4.69, 9.17) is 9.47 Å². The van der Waals surface area contributed by atoms with Crippen LogP contribution in [0.2, 0.25) is 0 Å². The summed E-state index contributed by atoms with van der Waals surface area (Å²) in [6.45, 7) is 5.41. The van der Waals surface area contributed by atoms with Crippen LogP contribution in [-0.4, -0.2) is 20.3 Å². The van der Waals surface area contributed by atoms with Gasteiger partial charge in [-0.15, -0.1) is 0 Å². The number of hydrogen-bond acceptors (Lipinski definition) is 2. The monoisotopic (exact) mass is 286 g/mol. The maximum atomic E-state index is 5.86. The highest BCUT2D eigenvalue weighted by Crippen LogP contribution is 2.15. The molecule has 0 atom stereocenters. The second-order valence-corrected chi connectivity index (χ2v) is 5.20. The van der Waals surface area contributed by atoms with Crippen LogP contribution in [-0.2, 0) is 17.9 Å². The van der Waals surface area contributed by atoms with Crippen molar-refractivity contribution in [2.24, 2.45) is 0 Å². The van der Waals surface area contributed by atoms with Crippen molar-refractivity contribution in [3.63, 3.8) is 0 Å². The molecule has 0 heterocycles. The van der Waals surface area contributed by atoms with Crippen molar-refractivity contribution < 1.29 is 14.8 Å². The molecule has 0 aliphatic carbocycles. The van der Waals surface area contributed by atoms with Crippen molar-refractivity contribution in [3.05, 3.63) is 65.2 Å². The predicted octanol–water partition coefficient (Wildman–Crippen LogP) is 2.28. The van der Waals surface area contributed by atoms with Crippen molar-refractivity contribution in [2.75, 3.05) is 20.3 Å². The molecule has 112 valence electrons. The van der Waals surface area contributed by atoms with E-state index in [1.165, 1.54) is 16.7 Å². The minimum absolute atomic E-state index is 0.608. The van der Waals surface area contributed by atoms with Gasteiger partial charge in [-0.25, -0.2) is 0 Å². The SMILES string of the molecule is COCC[NH2+]Cc1cccc(OCc2ccc(C)cc2)c1. The fourth-order valence-electron chi connectivity index (χ4n) is 2.08. The zero-order valence-corrected chi connectivity index (χ0v) is 12.8. The Morgan fingerprint density at radius 2 is 1.81 bits per heavy atom. The Kier molecular flexibility index (Phi) is 6.25. The van der Waals surface area contributed by atoms with E-state index in [2.05, 4.69) is 48.6 Å². The largest absolute Gasteiger partial charge is 0.489 e. The van der Waals surface area contributed by atoms with Gasteiger partial charge in [0.25, 0.3) is 0 Å². The van der Waals surface area contributed by atoms with Crippen LogP contribution in [0.1, 0.15) is 16.7 Å². The maximum Gasteiger partial charge on any atom is 0.120 e. The number of quaternary nitrogens is 1. The summed E-state index contributed by atoms with van der Waals surface area (Å²) in [5.41, 5.74) is 3.73. The molecule has 0 unspecified atom stereocenters. The van der Waals surface area contributed by atoms with Crippen LogP contribution in [0.5, 0.6) is 5.75 Å². The molecule has 0 aliphatic heterocycles. The highest BCUT2D eigenvalue weighted by atomic mass is 16.5. The third kappa shape index (κ3) is 5.58. The summed E-state index contributed by atoms with van der Waals surface area (Å²) in [7, 11) is 1.73. The van der Waals surface area contributed by atoms with Crippen molar-refractivity contribution >= 4 is 0 Å². The first-order chi connectivity index (χ1) is 10.3. The van der Waals surface area contributed by atoms with Gasteiger partial charge in [0.2, 0.25) is 0 Å². The van der Waals surface area contributed by atoms with E-state index >= 15 is 0 Å². The van der Waals surface area contributed by atoms with Crippen LogP contribution in [0.4, 0.5) is 0 Å². The number of ether oxygens (including phenoxy) is 2. The lowest BCUT2D eigenvalue weighted by molar-refractivity contribution is -0.671. The van der Waals surface area contributed by atoms with Crippen molar-refractivity contribution in [3.8, 4) is 5.75 Å². The number of methoxy groups -OCH3 is 1. The first kappa shape index (κ1) is 15.5. The van der Waals surface area contributed by atoms with Crippen LogP contribution in [0, 0.1) is 6.92 Å². The van der Waals surface area contributed by atoms with Crippen LogP contribution in [0.3, 0.4) is 0 Å². The molecule has 0 fully saturated rings. The Bertz CT molecular complexity index is 537. The summed E-state index contributed by atoms with van der Waals surface area (Å²) in [5, 5.41) is 2.24. The fourth-order valence-corrected chi connectivity index (χ4v) is 2.08. The summed E-state index contributed by atoms with van der Waals surface area (Å²) in [6, 6.07) is 16.7. The first-order valence-corrected chi connectivity index (χ1v) is 7.36. The maximum absolute atomic E-state index is 5.86. The molecule has 0 amide bonds. The molecule has 0 bridgehead atoms. The summed E-state index contributed by atoms with van der Waals surface area (Å²) < 4.78 is 10.9. The Hall–Kier alpha value is -1.84. The van der Waals surface area contributed by atoms with Gasteiger partial charge in [-0.1, -0.05) is 42.0 Å². The molecule has 0 spiro atoms. The number of rotatable bonds is 8. The molecule has 2 aromatic carbocycles. The molecule has 0 saturated carbocycles. The van der Waals surface area contributed by atoms with Gasteiger partial charge >= 0.3 is 0 Å². The van der Waals surface area contributed by atoms with E-state index in [9.17, 15) is 0 Å². The molecular formula is C18H24NO2+. The second-order valence-electron chi connectivity index (χ2n) is 5.20. The van der Waals surface area contributed by atoms with E-state index in [1.807, 2.05) is 12.1 Å². The van der Waals surface area contributed by atoms with Crippen molar-refractivity contribution in [1.82, 2.24) is 0 Å². The Morgan fingerprint density at radius 1 is 1.00 bits per heavy atom. The Balaban J connectivity index is 1.84. The van der Waals surface area contributed by atoms with Crippen LogP contribution < -0.4 is 10.1 Å². The first-order valence-electron chi connectivity index (χ1n) is 7.36. The number of benzene rings is 2. The quantitative estimate of drug-likeness (QED) is 0.756. The third-order valence-electron chi connectivity index (χ3n) is 3.33. The molecular weight excluding hydrogens is 262 g/mol. The van der Waals surface area contributed by atoms with Gasteiger partial charge < -0.3 is 14.8 Å². The molecule has 3 nitrogen and oxygen atoms in total. The van der Waals surface area contributed by atoms with Crippen LogP contribution in [0.25, 0.3) is 0 Å². The van der Waals surface area contributed by atoms with Gasteiger partial charge in [-0.3, -0.25) is 0 Å². The van der Waals surface area contributed by atoms with Crippen LogP contribution >= 0.6 is 0 Å². The molecule has 3 heteroatoms. The van der Waals surface area contributed by atoms with Crippen LogP contribution in [0.15, 0.2) is 48.5 Å². The third-order valence-corrected chi connectivity index (χ3v) is 3.33. The summed E-state index contributed by atoms with van der Waals surface area (Å²) in [6.07, 6.45) is 0. The average molecular weight is 286 g/mol. The standard InChI is InChI=1S/C18H23NO2/c1-15-6-8-16(9-7-15)14-21-18-5-3-4-17(12-18)13-19-10-11-20-2/h3-9,12,19H,10-11,13-14H2,1-2H3/p+1. The van der Waals surface area contributed by atoms with E-state index in [-0.39, 0.29) is 0 Å². The number of nitrogens with two attached hydrogens (primary N) is 1. The molecule has 2 aromatic rings. The zero-order valence-electron chi connectivity index (χ0n) is 12.8. The van der Waals surface area contributed by atoms with Gasteiger partial charge in [-0.2, -0.15) is 0 Å². The van der Waals surface area contributed by atoms with E-state index in [1.54, 1.807) is 7.11 Å². The minimum Gasteiger partial charge on any atom is -0.489 e. The summed E-state index contributed by atoms with van der Waals surface area (Å²) >= 11 is 0. The van der Waals surface area contributed by atoms with Crippen molar-refractivity contribution in [2.45, 2.75) is 20.1 Å². The average Bonchev–Trinajstić information content (AvgIpc) is 2.52. The van der Waals surface area contributed by atoms with Gasteiger partial charge in [-0.05, 0) is 24.6 Å². The van der Waals surface area contributed by atoms with Crippen molar-refractivity contribution in [1.29, 1.82) is 0 Å².